The van der Waals surface area contributed by atoms with Crippen LogP contribution in [0.25, 0.3) is 0 Å². The first-order chi connectivity index (χ1) is 8.91. The second-order valence-electron chi connectivity index (χ2n) is 4.77. The Balaban J connectivity index is 2.72. The zero-order valence-corrected chi connectivity index (χ0v) is 11.9. The topological polar surface area (TPSA) is 70.8 Å². The minimum absolute atomic E-state index is 0.255. The van der Waals surface area contributed by atoms with Crippen molar-refractivity contribution in [2.75, 3.05) is 26.6 Å². The van der Waals surface area contributed by atoms with Crippen molar-refractivity contribution in [1.82, 2.24) is 0 Å². The molecule has 5 nitrogen and oxygen atoms in total. The van der Waals surface area contributed by atoms with E-state index in [4.69, 9.17) is 15.2 Å². The van der Waals surface area contributed by atoms with Gasteiger partial charge in [0.05, 0.1) is 30.6 Å². The van der Waals surface area contributed by atoms with E-state index in [2.05, 4.69) is 4.74 Å². The molecule has 0 amide bonds. The zero-order chi connectivity index (χ0) is 14.5. The summed E-state index contributed by atoms with van der Waals surface area (Å²) in [5, 5.41) is 0. The summed E-state index contributed by atoms with van der Waals surface area (Å²) in [4.78, 5) is 11.5. The summed E-state index contributed by atoms with van der Waals surface area (Å²) in [6, 6.07) is 5.04. The zero-order valence-electron chi connectivity index (χ0n) is 11.9. The number of benzene rings is 1. The molecule has 0 aromatic heterocycles. The number of ether oxygens (including phenoxy) is 3. The van der Waals surface area contributed by atoms with Crippen LogP contribution in [0.4, 0.5) is 5.69 Å². The van der Waals surface area contributed by atoms with E-state index in [-0.39, 0.29) is 5.60 Å². The lowest BCUT2D eigenvalue weighted by molar-refractivity contribution is 0.00549. The van der Waals surface area contributed by atoms with Crippen LogP contribution < -0.4 is 10.5 Å². The molecule has 1 rings (SSSR count). The van der Waals surface area contributed by atoms with Crippen LogP contribution >= 0.6 is 0 Å². The number of para-hydroxylation sites is 1. The third kappa shape index (κ3) is 4.13. The minimum Gasteiger partial charge on any atom is -0.491 e. The van der Waals surface area contributed by atoms with Crippen LogP contribution in [0.1, 0.15) is 30.6 Å². The Morgan fingerprint density at radius 2 is 2.00 bits per heavy atom. The summed E-state index contributed by atoms with van der Waals surface area (Å²) in [5.41, 5.74) is 6.24. The highest BCUT2D eigenvalue weighted by molar-refractivity contribution is 5.96. The third-order valence-electron chi connectivity index (χ3n) is 2.99. The maximum atomic E-state index is 11.5. The van der Waals surface area contributed by atoms with Gasteiger partial charge in [0.1, 0.15) is 5.75 Å². The molecular formula is C14H21NO4. The summed E-state index contributed by atoms with van der Waals surface area (Å²) in [7, 11) is 2.97. The predicted octanol–water partition coefficient (Wildman–Crippen LogP) is 2.25. The van der Waals surface area contributed by atoms with Crippen molar-refractivity contribution in [3.63, 3.8) is 0 Å². The van der Waals surface area contributed by atoms with E-state index < -0.39 is 5.97 Å². The van der Waals surface area contributed by atoms with Crippen molar-refractivity contribution in [3.8, 4) is 5.75 Å². The highest BCUT2D eigenvalue weighted by Gasteiger charge is 2.17. The number of nitrogens with two attached hydrogens (primary N) is 1. The van der Waals surface area contributed by atoms with Crippen molar-refractivity contribution in [1.29, 1.82) is 0 Å². The van der Waals surface area contributed by atoms with Gasteiger partial charge in [-0.15, -0.1) is 0 Å². The fourth-order valence-corrected chi connectivity index (χ4v) is 1.47. The van der Waals surface area contributed by atoms with Gasteiger partial charge in [0, 0.05) is 13.5 Å². The summed E-state index contributed by atoms with van der Waals surface area (Å²) >= 11 is 0. The maximum Gasteiger partial charge on any atom is 0.340 e. The van der Waals surface area contributed by atoms with Gasteiger partial charge >= 0.3 is 5.97 Å². The standard InChI is InChI=1S/C14H21NO4/c1-14(2,18-4)8-9-19-11-7-5-6-10(12(11)15)13(16)17-3/h5-7H,8-9,15H2,1-4H3. The average Bonchev–Trinajstić information content (AvgIpc) is 2.40. The Kier molecular flexibility index (Phi) is 5.18. The van der Waals surface area contributed by atoms with E-state index >= 15 is 0 Å². The number of hydrogen-bond acceptors (Lipinski definition) is 5. The van der Waals surface area contributed by atoms with Crippen LogP contribution in [0.2, 0.25) is 0 Å². The van der Waals surface area contributed by atoms with Crippen molar-refractivity contribution in [2.24, 2.45) is 0 Å². The molecule has 0 aliphatic heterocycles. The maximum absolute atomic E-state index is 11.5. The number of anilines is 1. The fraction of sp³-hybridized carbons (Fsp3) is 0.500. The molecule has 0 bridgehead atoms. The molecule has 1 aromatic carbocycles. The first-order valence-corrected chi connectivity index (χ1v) is 6.06. The third-order valence-corrected chi connectivity index (χ3v) is 2.99. The molecule has 19 heavy (non-hydrogen) atoms. The molecule has 0 fully saturated rings. The lowest BCUT2D eigenvalue weighted by Gasteiger charge is -2.23. The molecule has 5 heteroatoms. The van der Waals surface area contributed by atoms with Gasteiger partial charge in [-0.1, -0.05) is 6.07 Å². The number of carbonyl (C=O) groups is 1. The molecule has 0 unspecified atom stereocenters. The molecule has 0 spiro atoms. The molecule has 0 atom stereocenters. The van der Waals surface area contributed by atoms with Crippen LogP contribution in [0, 0.1) is 0 Å². The normalized spacial score (nSPS) is 11.2. The molecule has 0 heterocycles. The SMILES string of the molecule is COC(=O)c1cccc(OCCC(C)(C)OC)c1N. The summed E-state index contributed by atoms with van der Waals surface area (Å²) in [6.07, 6.45) is 0.714. The number of hydrogen-bond donors (Lipinski definition) is 1. The predicted molar refractivity (Wildman–Crippen MR) is 73.4 cm³/mol. The van der Waals surface area contributed by atoms with E-state index in [0.717, 1.165) is 0 Å². The van der Waals surface area contributed by atoms with Gasteiger partial charge in [0.2, 0.25) is 0 Å². The van der Waals surface area contributed by atoms with Crippen molar-refractivity contribution < 1.29 is 19.0 Å². The molecule has 0 aliphatic rings. The van der Waals surface area contributed by atoms with Crippen molar-refractivity contribution in [2.45, 2.75) is 25.9 Å². The molecule has 0 radical (unpaired) electrons. The van der Waals surface area contributed by atoms with Crippen LogP contribution in [0.3, 0.4) is 0 Å². The summed E-state index contributed by atoms with van der Waals surface area (Å²) < 4.78 is 15.6. The van der Waals surface area contributed by atoms with Crippen molar-refractivity contribution >= 4 is 11.7 Å². The highest BCUT2D eigenvalue weighted by Crippen LogP contribution is 2.26. The van der Waals surface area contributed by atoms with Gasteiger partial charge in [-0.05, 0) is 26.0 Å². The van der Waals surface area contributed by atoms with E-state index in [0.29, 0.717) is 30.0 Å². The Bertz CT molecular complexity index is 443. The second kappa shape index (κ2) is 6.43. The minimum atomic E-state index is -0.472. The number of nitrogen functional groups attached to an aromatic ring is 1. The lowest BCUT2D eigenvalue weighted by Crippen LogP contribution is -2.25. The Hall–Kier alpha value is -1.75. The van der Waals surface area contributed by atoms with Crippen LogP contribution in [0.5, 0.6) is 5.75 Å². The Morgan fingerprint density at radius 3 is 2.58 bits per heavy atom. The first kappa shape index (κ1) is 15.3. The smallest absolute Gasteiger partial charge is 0.340 e. The number of esters is 1. The molecule has 0 aliphatic carbocycles. The van der Waals surface area contributed by atoms with Gasteiger partial charge in [0.15, 0.2) is 0 Å². The van der Waals surface area contributed by atoms with Crippen molar-refractivity contribution in [3.05, 3.63) is 23.8 Å². The molecule has 0 saturated heterocycles. The van der Waals surface area contributed by atoms with E-state index in [1.807, 2.05) is 13.8 Å². The summed E-state index contributed by atoms with van der Waals surface area (Å²) in [6.45, 7) is 4.41. The van der Waals surface area contributed by atoms with Gasteiger partial charge in [-0.2, -0.15) is 0 Å². The van der Waals surface area contributed by atoms with Gasteiger partial charge < -0.3 is 19.9 Å². The largest absolute Gasteiger partial charge is 0.491 e. The fourth-order valence-electron chi connectivity index (χ4n) is 1.47. The van der Waals surface area contributed by atoms with Crippen LogP contribution in [0.15, 0.2) is 18.2 Å². The Morgan fingerprint density at radius 1 is 1.32 bits per heavy atom. The number of methoxy groups -OCH3 is 2. The highest BCUT2D eigenvalue weighted by atomic mass is 16.5. The van der Waals surface area contributed by atoms with Gasteiger partial charge in [-0.25, -0.2) is 4.79 Å². The summed E-state index contributed by atoms with van der Waals surface area (Å²) in [5.74, 6) is 0.00924. The quantitative estimate of drug-likeness (QED) is 0.632. The number of rotatable bonds is 6. The second-order valence-corrected chi connectivity index (χ2v) is 4.77. The van der Waals surface area contributed by atoms with E-state index in [9.17, 15) is 4.79 Å². The average molecular weight is 267 g/mol. The van der Waals surface area contributed by atoms with Crippen LogP contribution in [-0.2, 0) is 9.47 Å². The molecular weight excluding hydrogens is 246 g/mol. The molecule has 2 N–H and O–H groups in total. The molecule has 1 aromatic rings. The number of carbonyl (C=O) groups excluding carboxylic acids is 1. The van der Waals surface area contributed by atoms with Gasteiger partial charge in [0.25, 0.3) is 0 Å². The monoisotopic (exact) mass is 267 g/mol. The molecule has 106 valence electrons. The van der Waals surface area contributed by atoms with E-state index in [1.54, 1.807) is 25.3 Å². The molecule has 0 saturated carbocycles. The Labute approximate surface area is 113 Å². The van der Waals surface area contributed by atoms with Crippen LogP contribution in [-0.4, -0.2) is 32.4 Å². The van der Waals surface area contributed by atoms with E-state index in [1.165, 1.54) is 7.11 Å². The lowest BCUT2D eigenvalue weighted by atomic mass is 10.1. The first-order valence-electron chi connectivity index (χ1n) is 6.06. The van der Waals surface area contributed by atoms with Gasteiger partial charge in [-0.3, -0.25) is 0 Å².